The van der Waals surface area contributed by atoms with Crippen molar-refractivity contribution in [2.24, 2.45) is 0 Å². The Kier molecular flexibility index (Phi) is 4.51. The summed E-state index contributed by atoms with van der Waals surface area (Å²) in [6, 6.07) is 12.7. The predicted molar refractivity (Wildman–Crippen MR) is 93.7 cm³/mol. The Morgan fingerprint density at radius 3 is 2.75 bits per heavy atom. The molecule has 24 heavy (non-hydrogen) atoms. The van der Waals surface area contributed by atoms with Crippen LogP contribution in [0.2, 0.25) is 0 Å². The van der Waals surface area contributed by atoms with Crippen molar-refractivity contribution in [3.05, 3.63) is 53.6 Å². The number of ether oxygens (including phenoxy) is 1. The van der Waals surface area contributed by atoms with E-state index >= 15 is 0 Å². The summed E-state index contributed by atoms with van der Waals surface area (Å²) in [7, 11) is 0. The van der Waals surface area contributed by atoms with Gasteiger partial charge in [0.25, 0.3) is 5.91 Å². The first-order chi connectivity index (χ1) is 11.6. The number of hydrogen-bond acceptors (Lipinski definition) is 3. The summed E-state index contributed by atoms with van der Waals surface area (Å²) in [6.45, 7) is 4.98. The highest BCUT2D eigenvalue weighted by Crippen LogP contribution is 2.31. The average molecular weight is 324 g/mol. The van der Waals surface area contributed by atoms with Gasteiger partial charge in [-0.1, -0.05) is 12.1 Å². The second kappa shape index (κ2) is 6.74. The molecule has 3 rings (SSSR count). The van der Waals surface area contributed by atoms with Crippen LogP contribution in [0, 0.1) is 0 Å². The molecule has 2 aromatic carbocycles. The van der Waals surface area contributed by atoms with Crippen LogP contribution in [-0.4, -0.2) is 25.0 Å². The molecule has 0 aromatic heterocycles. The van der Waals surface area contributed by atoms with Crippen molar-refractivity contribution in [1.82, 2.24) is 0 Å². The highest BCUT2D eigenvalue weighted by atomic mass is 16.5. The summed E-state index contributed by atoms with van der Waals surface area (Å²) < 4.78 is 5.50. The third kappa shape index (κ3) is 2.97. The lowest BCUT2D eigenvalue weighted by Crippen LogP contribution is -2.25. The van der Waals surface area contributed by atoms with Crippen molar-refractivity contribution in [3.8, 4) is 5.75 Å². The van der Waals surface area contributed by atoms with Crippen LogP contribution in [0.5, 0.6) is 5.75 Å². The lowest BCUT2D eigenvalue weighted by Gasteiger charge is -2.15. The topological polar surface area (TPSA) is 58.6 Å². The number of likely N-dealkylation sites (N-methyl/N-ethyl adjacent to an activating group) is 1. The molecule has 0 bridgehead atoms. The van der Waals surface area contributed by atoms with Crippen molar-refractivity contribution in [3.63, 3.8) is 0 Å². The number of hydrogen-bond donors (Lipinski definition) is 1. The fraction of sp³-hybridized carbons (Fsp3) is 0.263. The molecule has 0 saturated heterocycles. The number of para-hydroxylation sites is 1. The zero-order chi connectivity index (χ0) is 17.1. The van der Waals surface area contributed by atoms with E-state index < -0.39 is 0 Å². The molecular formula is C19H20N2O3. The number of nitrogens with zero attached hydrogens (tertiary/aromatic N) is 1. The Hall–Kier alpha value is -2.82. The number of anilines is 2. The summed E-state index contributed by atoms with van der Waals surface area (Å²) >= 11 is 0. The molecule has 1 N–H and O–H groups in total. The fourth-order valence-corrected chi connectivity index (χ4v) is 2.94. The van der Waals surface area contributed by atoms with Crippen LogP contribution in [0.15, 0.2) is 42.5 Å². The van der Waals surface area contributed by atoms with Crippen LogP contribution in [0.3, 0.4) is 0 Å². The van der Waals surface area contributed by atoms with Gasteiger partial charge in [-0.3, -0.25) is 9.59 Å². The molecule has 124 valence electrons. The third-order valence-electron chi connectivity index (χ3n) is 4.02. The fourth-order valence-electron chi connectivity index (χ4n) is 2.94. The molecule has 0 unspecified atom stereocenters. The maximum Gasteiger partial charge on any atom is 0.259 e. The van der Waals surface area contributed by atoms with E-state index in [2.05, 4.69) is 5.32 Å². The van der Waals surface area contributed by atoms with Crippen molar-refractivity contribution >= 4 is 23.2 Å². The zero-order valence-corrected chi connectivity index (χ0v) is 13.8. The van der Waals surface area contributed by atoms with Gasteiger partial charge in [0.15, 0.2) is 0 Å². The number of rotatable bonds is 5. The average Bonchev–Trinajstić information content (AvgIpc) is 2.89. The van der Waals surface area contributed by atoms with Crippen molar-refractivity contribution < 1.29 is 14.3 Å². The molecule has 0 radical (unpaired) electrons. The lowest BCUT2D eigenvalue weighted by molar-refractivity contribution is -0.117. The largest absolute Gasteiger partial charge is 0.493 e. The van der Waals surface area contributed by atoms with E-state index in [1.165, 1.54) is 0 Å². The summed E-state index contributed by atoms with van der Waals surface area (Å²) in [5, 5.41) is 2.89. The third-order valence-corrected chi connectivity index (χ3v) is 4.02. The first-order valence-corrected chi connectivity index (χ1v) is 8.10. The lowest BCUT2D eigenvalue weighted by atomic mass is 10.1. The molecule has 1 aliphatic heterocycles. The molecule has 2 aromatic rings. The van der Waals surface area contributed by atoms with Gasteiger partial charge in [-0.15, -0.1) is 0 Å². The molecule has 2 amide bonds. The maximum atomic E-state index is 12.5. The molecular weight excluding hydrogens is 304 g/mol. The zero-order valence-electron chi connectivity index (χ0n) is 13.8. The summed E-state index contributed by atoms with van der Waals surface area (Å²) in [4.78, 5) is 26.2. The monoisotopic (exact) mass is 324 g/mol. The molecule has 0 fully saturated rings. The van der Waals surface area contributed by atoms with Crippen molar-refractivity contribution in [2.45, 2.75) is 20.3 Å². The van der Waals surface area contributed by atoms with Crippen LogP contribution in [0.25, 0.3) is 0 Å². The van der Waals surface area contributed by atoms with Crippen LogP contribution < -0.4 is 15.0 Å². The first kappa shape index (κ1) is 16.1. The molecule has 0 aliphatic carbocycles. The smallest absolute Gasteiger partial charge is 0.259 e. The first-order valence-electron chi connectivity index (χ1n) is 8.10. The van der Waals surface area contributed by atoms with Gasteiger partial charge in [0.1, 0.15) is 5.75 Å². The highest BCUT2D eigenvalue weighted by Gasteiger charge is 2.26. The van der Waals surface area contributed by atoms with E-state index in [0.29, 0.717) is 36.6 Å². The Morgan fingerprint density at radius 1 is 1.21 bits per heavy atom. The summed E-state index contributed by atoms with van der Waals surface area (Å²) in [5.74, 6) is 0.430. The van der Waals surface area contributed by atoms with Crippen LogP contribution in [0.4, 0.5) is 11.4 Å². The van der Waals surface area contributed by atoms with Gasteiger partial charge in [-0.05, 0) is 49.7 Å². The van der Waals surface area contributed by atoms with Gasteiger partial charge in [0, 0.05) is 17.9 Å². The minimum Gasteiger partial charge on any atom is -0.493 e. The van der Waals surface area contributed by atoms with Gasteiger partial charge < -0.3 is 15.0 Å². The molecule has 0 atom stereocenters. The Bertz CT molecular complexity index is 786. The van der Waals surface area contributed by atoms with E-state index in [1.807, 2.05) is 38.1 Å². The van der Waals surface area contributed by atoms with Crippen molar-refractivity contribution in [2.75, 3.05) is 23.4 Å². The summed E-state index contributed by atoms with van der Waals surface area (Å²) in [5.41, 5.74) is 3.04. The molecule has 5 nitrogen and oxygen atoms in total. The number of carbonyl (C=O) groups is 2. The number of amides is 2. The van der Waals surface area contributed by atoms with E-state index in [4.69, 9.17) is 4.74 Å². The van der Waals surface area contributed by atoms with Crippen LogP contribution in [-0.2, 0) is 11.2 Å². The highest BCUT2D eigenvalue weighted by molar-refractivity contribution is 6.07. The molecule has 5 heteroatoms. The van der Waals surface area contributed by atoms with E-state index in [0.717, 1.165) is 11.3 Å². The number of carbonyl (C=O) groups excluding carboxylic acids is 2. The standard InChI is InChI=1S/C19H20N2O3/c1-3-21-16-10-9-14(11-13(16)12-18(21)22)20-19(23)15-7-5-6-8-17(15)24-4-2/h5-11H,3-4,12H2,1-2H3,(H,20,23). The predicted octanol–water partition coefficient (Wildman–Crippen LogP) is 3.25. The van der Waals surface area contributed by atoms with Crippen LogP contribution >= 0.6 is 0 Å². The number of nitrogens with one attached hydrogen (secondary N) is 1. The summed E-state index contributed by atoms with van der Waals surface area (Å²) in [6.07, 6.45) is 0.377. The number of benzene rings is 2. The Balaban J connectivity index is 1.82. The van der Waals surface area contributed by atoms with E-state index in [1.54, 1.807) is 23.1 Å². The van der Waals surface area contributed by atoms with E-state index in [-0.39, 0.29) is 11.8 Å². The normalized spacial score (nSPS) is 12.9. The second-order valence-corrected chi connectivity index (χ2v) is 5.54. The minimum atomic E-state index is -0.226. The van der Waals surface area contributed by atoms with Gasteiger partial charge in [0.2, 0.25) is 5.91 Å². The van der Waals surface area contributed by atoms with Gasteiger partial charge >= 0.3 is 0 Å². The van der Waals surface area contributed by atoms with Crippen LogP contribution in [0.1, 0.15) is 29.8 Å². The maximum absolute atomic E-state index is 12.5. The molecule has 1 heterocycles. The van der Waals surface area contributed by atoms with E-state index in [9.17, 15) is 9.59 Å². The molecule has 1 aliphatic rings. The van der Waals surface area contributed by atoms with Gasteiger partial charge in [0.05, 0.1) is 18.6 Å². The Labute approximate surface area is 141 Å². The molecule has 0 saturated carbocycles. The SMILES string of the molecule is CCOc1ccccc1C(=O)Nc1ccc2c(c1)CC(=O)N2CC. The quantitative estimate of drug-likeness (QED) is 0.918. The van der Waals surface area contributed by atoms with Gasteiger partial charge in [-0.2, -0.15) is 0 Å². The number of fused-ring (bicyclic) bond motifs is 1. The van der Waals surface area contributed by atoms with Gasteiger partial charge in [-0.25, -0.2) is 0 Å². The molecule has 0 spiro atoms. The van der Waals surface area contributed by atoms with Crippen molar-refractivity contribution in [1.29, 1.82) is 0 Å². The second-order valence-electron chi connectivity index (χ2n) is 5.54. The Morgan fingerprint density at radius 2 is 2.00 bits per heavy atom. The minimum absolute atomic E-state index is 0.0951.